The molecule has 0 unspecified atom stereocenters. The number of anilines is 1. The molecule has 0 bridgehead atoms. The number of aromatic nitrogens is 2. The predicted molar refractivity (Wildman–Crippen MR) is 89.2 cm³/mol. The topological polar surface area (TPSA) is 55.0 Å². The lowest BCUT2D eigenvalue weighted by Gasteiger charge is -2.17. The highest BCUT2D eigenvalue weighted by molar-refractivity contribution is 5.67. The lowest BCUT2D eigenvalue weighted by atomic mass is 10.1. The van der Waals surface area contributed by atoms with Gasteiger partial charge in [0.25, 0.3) is 0 Å². The summed E-state index contributed by atoms with van der Waals surface area (Å²) in [5.74, 6) is 6.32. The van der Waals surface area contributed by atoms with Crippen LogP contribution in [-0.2, 0) is 0 Å². The van der Waals surface area contributed by atoms with Gasteiger partial charge in [-0.25, -0.2) is 9.97 Å². The van der Waals surface area contributed by atoms with Gasteiger partial charge >= 0.3 is 0 Å². The highest BCUT2D eigenvalue weighted by atomic mass is 15.1. The van der Waals surface area contributed by atoms with Gasteiger partial charge in [0, 0.05) is 25.9 Å². The SMILES string of the molecule is C=C(C#Cc1cnc(N)nc1C(=CC)N(C)C)C=CCC. The fourth-order valence-electron chi connectivity index (χ4n) is 1.74. The Labute approximate surface area is 127 Å². The third-order valence-corrected chi connectivity index (χ3v) is 2.72. The third kappa shape index (κ3) is 4.81. The average Bonchev–Trinajstić information content (AvgIpc) is 2.44. The first-order valence-electron chi connectivity index (χ1n) is 6.83. The predicted octanol–water partition coefficient (Wildman–Crippen LogP) is 2.86. The van der Waals surface area contributed by atoms with E-state index in [2.05, 4.69) is 35.3 Å². The summed E-state index contributed by atoms with van der Waals surface area (Å²) < 4.78 is 0. The largest absolute Gasteiger partial charge is 0.376 e. The molecule has 0 spiro atoms. The average molecular weight is 282 g/mol. The number of allylic oxidation sites excluding steroid dienone is 4. The van der Waals surface area contributed by atoms with E-state index in [0.717, 1.165) is 28.9 Å². The summed E-state index contributed by atoms with van der Waals surface area (Å²) in [5.41, 5.74) is 8.86. The Morgan fingerprint density at radius 2 is 2.19 bits per heavy atom. The Balaban J connectivity index is 3.23. The van der Waals surface area contributed by atoms with Crippen LogP contribution in [0, 0.1) is 11.8 Å². The lowest BCUT2D eigenvalue weighted by molar-refractivity contribution is 0.587. The van der Waals surface area contributed by atoms with Crippen LogP contribution in [0.5, 0.6) is 0 Å². The molecule has 0 saturated heterocycles. The quantitative estimate of drug-likeness (QED) is 0.681. The molecular formula is C17H22N4. The molecule has 21 heavy (non-hydrogen) atoms. The van der Waals surface area contributed by atoms with Gasteiger partial charge in [-0.2, -0.15) is 0 Å². The summed E-state index contributed by atoms with van der Waals surface area (Å²) in [7, 11) is 3.90. The van der Waals surface area contributed by atoms with Crippen LogP contribution in [0.1, 0.15) is 31.5 Å². The van der Waals surface area contributed by atoms with Crippen LogP contribution in [0.4, 0.5) is 5.95 Å². The van der Waals surface area contributed by atoms with Gasteiger partial charge in [0.2, 0.25) is 5.95 Å². The van der Waals surface area contributed by atoms with Gasteiger partial charge in [-0.05, 0) is 13.3 Å². The van der Waals surface area contributed by atoms with E-state index in [9.17, 15) is 0 Å². The molecule has 0 radical (unpaired) electrons. The molecule has 0 aliphatic heterocycles. The van der Waals surface area contributed by atoms with Crippen molar-refractivity contribution in [3.05, 3.63) is 47.8 Å². The van der Waals surface area contributed by atoms with Gasteiger partial charge in [0.05, 0.1) is 11.3 Å². The van der Waals surface area contributed by atoms with Gasteiger partial charge in [0.15, 0.2) is 0 Å². The van der Waals surface area contributed by atoms with E-state index in [1.165, 1.54) is 0 Å². The molecule has 1 heterocycles. The van der Waals surface area contributed by atoms with Crippen molar-refractivity contribution in [2.75, 3.05) is 19.8 Å². The summed E-state index contributed by atoms with van der Waals surface area (Å²) in [6.07, 6.45) is 8.51. The molecule has 0 aliphatic carbocycles. The highest BCUT2D eigenvalue weighted by Gasteiger charge is 2.11. The summed E-state index contributed by atoms with van der Waals surface area (Å²) >= 11 is 0. The van der Waals surface area contributed by atoms with Crippen LogP contribution in [0.15, 0.2) is 36.6 Å². The van der Waals surface area contributed by atoms with Gasteiger partial charge in [-0.15, -0.1) is 0 Å². The zero-order valence-electron chi connectivity index (χ0n) is 13.1. The number of hydrogen-bond acceptors (Lipinski definition) is 4. The maximum Gasteiger partial charge on any atom is 0.220 e. The first-order chi connectivity index (χ1) is 9.99. The van der Waals surface area contributed by atoms with Crippen molar-refractivity contribution in [1.29, 1.82) is 0 Å². The summed E-state index contributed by atoms with van der Waals surface area (Å²) in [5, 5.41) is 0. The van der Waals surface area contributed by atoms with Gasteiger partial charge in [0.1, 0.15) is 5.69 Å². The van der Waals surface area contributed by atoms with Gasteiger partial charge in [-0.1, -0.05) is 43.6 Å². The Hall–Kier alpha value is -2.54. The zero-order valence-corrected chi connectivity index (χ0v) is 13.1. The molecule has 0 atom stereocenters. The van der Waals surface area contributed by atoms with Gasteiger partial charge < -0.3 is 10.6 Å². The van der Waals surface area contributed by atoms with Crippen LogP contribution < -0.4 is 5.73 Å². The first kappa shape index (κ1) is 16.5. The molecule has 1 aromatic rings. The molecule has 110 valence electrons. The Bertz CT molecular complexity index is 628. The molecule has 0 fully saturated rings. The minimum absolute atomic E-state index is 0.237. The molecule has 4 nitrogen and oxygen atoms in total. The normalized spacial score (nSPS) is 11.1. The Morgan fingerprint density at radius 3 is 2.76 bits per heavy atom. The van der Waals surface area contributed by atoms with Crippen LogP contribution in [-0.4, -0.2) is 29.0 Å². The number of hydrogen-bond donors (Lipinski definition) is 1. The van der Waals surface area contributed by atoms with Crippen LogP contribution in [0.25, 0.3) is 5.70 Å². The van der Waals surface area contributed by atoms with Crippen LogP contribution in [0.3, 0.4) is 0 Å². The number of nitrogens with two attached hydrogens (primary N) is 1. The van der Waals surface area contributed by atoms with E-state index in [1.807, 2.05) is 44.1 Å². The number of nitrogens with zero attached hydrogens (tertiary/aromatic N) is 3. The molecule has 1 aromatic heterocycles. The highest BCUT2D eigenvalue weighted by Crippen LogP contribution is 2.18. The van der Waals surface area contributed by atoms with Crippen molar-refractivity contribution in [3.8, 4) is 11.8 Å². The van der Waals surface area contributed by atoms with E-state index in [4.69, 9.17) is 5.73 Å². The molecule has 1 rings (SSSR count). The first-order valence-corrected chi connectivity index (χ1v) is 6.83. The second-order valence-corrected chi connectivity index (χ2v) is 4.64. The van der Waals surface area contributed by atoms with Crippen molar-refractivity contribution < 1.29 is 0 Å². The van der Waals surface area contributed by atoms with Crippen LogP contribution >= 0.6 is 0 Å². The van der Waals surface area contributed by atoms with E-state index in [0.29, 0.717) is 0 Å². The standard InChI is InChI=1S/C17H22N4/c1-6-8-9-13(3)10-11-14-12-19-17(18)20-16(14)15(7-2)21(4)5/h7-9,12H,3,6H2,1-2,4-5H3,(H2,18,19,20). The van der Waals surface area contributed by atoms with E-state index >= 15 is 0 Å². The molecule has 4 heteroatoms. The summed E-state index contributed by atoms with van der Waals surface area (Å²) in [4.78, 5) is 10.3. The van der Waals surface area contributed by atoms with Gasteiger partial charge in [-0.3, -0.25) is 0 Å². The minimum atomic E-state index is 0.237. The molecule has 0 aromatic carbocycles. The Morgan fingerprint density at radius 1 is 1.48 bits per heavy atom. The molecule has 0 aliphatic rings. The van der Waals surface area contributed by atoms with E-state index in [-0.39, 0.29) is 5.95 Å². The molecule has 0 saturated carbocycles. The molecule has 2 N–H and O–H groups in total. The van der Waals surface area contributed by atoms with E-state index in [1.54, 1.807) is 6.20 Å². The number of nitrogen functional groups attached to an aromatic ring is 1. The van der Waals surface area contributed by atoms with E-state index < -0.39 is 0 Å². The number of rotatable bonds is 4. The summed E-state index contributed by atoms with van der Waals surface area (Å²) in [6.45, 7) is 7.92. The third-order valence-electron chi connectivity index (χ3n) is 2.72. The molecule has 0 amide bonds. The summed E-state index contributed by atoms with van der Waals surface area (Å²) in [6, 6.07) is 0. The minimum Gasteiger partial charge on any atom is -0.376 e. The lowest BCUT2D eigenvalue weighted by Crippen LogP contribution is -2.13. The van der Waals surface area contributed by atoms with Crippen molar-refractivity contribution in [3.63, 3.8) is 0 Å². The van der Waals surface area contributed by atoms with Crippen molar-refractivity contribution in [1.82, 2.24) is 14.9 Å². The smallest absolute Gasteiger partial charge is 0.220 e. The monoisotopic (exact) mass is 282 g/mol. The molecular weight excluding hydrogens is 260 g/mol. The second-order valence-electron chi connectivity index (χ2n) is 4.64. The maximum absolute atomic E-state index is 5.70. The fraction of sp³-hybridized carbons (Fsp3) is 0.294. The zero-order chi connectivity index (χ0) is 15.8. The Kier molecular flexibility index (Phi) is 6.22. The van der Waals surface area contributed by atoms with Crippen LogP contribution in [0.2, 0.25) is 0 Å². The van der Waals surface area contributed by atoms with Crippen molar-refractivity contribution in [2.24, 2.45) is 0 Å². The van der Waals surface area contributed by atoms with Crippen molar-refractivity contribution >= 4 is 11.6 Å². The van der Waals surface area contributed by atoms with Crippen molar-refractivity contribution in [2.45, 2.75) is 20.3 Å². The second kappa shape index (κ2) is 7.91. The maximum atomic E-state index is 5.70. The fourth-order valence-corrected chi connectivity index (χ4v) is 1.74.